The van der Waals surface area contributed by atoms with E-state index in [1.807, 2.05) is 0 Å². The van der Waals surface area contributed by atoms with Crippen molar-refractivity contribution in [2.75, 3.05) is 12.5 Å². The van der Waals surface area contributed by atoms with Crippen LogP contribution >= 0.6 is 11.6 Å². The Morgan fingerprint density at radius 3 is 2.36 bits per heavy atom. The van der Waals surface area contributed by atoms with E-state index < -0.39 is 0 Å². The van der Waals surface area contributed by atoms with Crippen molar-refractivity contribution in [3.8, 4) is 0 Å². The van der Waals surface area contributed by atoms with Gasteiger partial charge in [0.15, 0.2) is 0 Å². The van der Waals surface area contributed by atoms with E-state index in [-0.39, 0.29) is 11.9 Å². The summed E-state index contributed by atoms with van der Waals surface area (Å²) < 4.78 is 4.89. The maximum absolute atomic E-state index is 11.1. The summed E-state index contributed by atoms with van der Waals surface area (Å²) in [6.07, 6.45) is 0. The zero-order chi connectivity index (χ0) is 8.43. The number of halogens is 1. The molecule has 1 rings (SSSR count). The zero-order valence-corrected chi connectivity index (χ0v) is 7.60. The van der Waals surface area contributed by atoms with Gasteiger partial charge in [0.1, 0.15) is 6.61 Å². The minimum Gasteiger partial charge on any atom is -0.464 e. The monoisotopic (exact) mass is 176 g/mol. The largest absolute Gasteiger partial charge is 0.464 e. The second kappa shape index (κ2) is 3.44. The van der Waals surface area contributed by atoms with Crippen LogP contribution < -0.4 is 0 Å². The van der Waals surface area contributed by atoms with Gasteiger partial charge in [-0.2, -0.15) is 0 Å². The highest BCUT2D eigenvalue weighted by atomic mass is 35.5. The van der Waals surface area contributed by atoms with E-state index in [9.17, 15) is 4.79 Å². The minimum absolute atomic E-state index is 0.0781. The Hall–Kier alpha value is -0.240. The van der Waals surface area contributed by atoms with Crippen LogP contribution in [0.3, 0.4) is 0 Å². The number of carbonyl (C=O) groups is 1. The molecule has 1 aliphatic carbocycles. The van der Waals surface area contributed by atoms with Crippen molar-refractivity contribution in [2.45, 2.75) is 13.8 Å². The first kappa shape index (κ1) is 8.85. The fourth-order valence-corrected chi connectivity index (χ4v) is 1.40. The molecule has 2 unspecified atom stereocenters. The number of alkyl halides is 1. The third kappa shape index (κ3) is 1.86. The summed E-state index contributed by atoms with van der Waals surface area (Å²) in [5, 5.41) is 0. The fourth-order valence-electron chi connectivity index (χ4n) is 1.33. The third-order valence-electron chi connectivity index (χ3n) is 2.42. The number of hydrogen-bond donors (Lipinski definition) is 0. The molecule has 0 aliphatic heterocycles. The Balaban J connectivity index is 2.22. The lowest BCUT2D eigenvalue weighted by Crippen LogP contribution is -2.10. The molecule has 1 aliphatic rings. The van der Waals surface area contributed by atoms with Gasteiger partial charge in [0.05, 0.1) is 11.8 Å². The van der Waals surface area contributed by atoms with Gasteiger partial charge in [-0.3, -0.25) is 4.79 Å². The van der Waals surface area contributed by atoms with Gasteiger partial charge in [-0.1, -0.05) is 13.8 Å². The number of hydrogen-bond acceptors (Lipinski definition) is 2. The Morgan fingerprint density at radius 1 is 1.45 bits per heavy atom. The molecule has 11 heavy (non-hydrogen) atoms. The highest BCUT2D eigenvalue weighted by Gasteiger charge is 2.49. The lowest BCUT2D eigenvalue weighted by atomic mass is 10.3. The molecule has 0 bridgehead atoms. The molecule has 1 saturated carbocycles. The summed E-state index contributed by atoms with van der Waals surface area (Å²) in [4.78, 5) is 11.1. The van der Waals surface area contributed by atoms with Gasteiger partial charge >= 0.3 is 5.97 Å². The average Bonchev–Trinajstić information content (AvgIpc) is 2.56. The SMILES string of the molecule is CC1C(C)C1C(=O)OCCCl. The van der Waals surface area contributed by atoms with E-state index in [4.69, 9.17) is 16.3 Å². The number of esters is 1. The maximum atomic E-state index is 11.1. The zero-order valence-electron chi connectivity index (χ0n) is 6.84. The van der Waals surface area contributed by atoms with Crippen molar-refractivity contribution in [2.24, 2.45) is 17.8 Å². The third-order valence-corrected chi connectivity index (χ3v) is 2.57. The predicted octanol–water partition coefficient (Wildman–Crippen LogP) is 1.67. The lowest BCUT2D eigenvalue weighted by molar-refractivity contribution is -0.145. The Kier molecular flexibility index (Phi) is 2.77. The van der Waals surface area contributed by atoms with Gasteiger partial charge in [0.2, 0.25) is 0 Å². The first-order valence-corrected chi connectivity index (χ1v) is 4.44. The van der Waals surface area contributed by atoms with E-state index in [1.54, 1.807) is 0 Å². The highest BCUT2D eigenvalue weighted by Crippen LogP contribution is 2.45. The molecule has 2 nitrogen and oxygen atoms in total. The van der Waals surface area contributed by atoms with Gasteiger partial charge < -0.3 is 4.74 Å². The Bertz CT molecular complexity index is 150. The second-order valence-corrected chi connectivity index (χ2v) is 3.48. The quantitative estimate of drug-likeness (QED) is 0.483. The summed E-state index contributed by atoms with van der Waals surface area (Å²) in [5.74, 6) is 1.45. The van der Waals surface area contributed by atoms with Crippen molar-refractivity contribution in [3.05, 3.63) is 0 Å². The van der Waals surface area contributed by atoms with E-state index in [0.29, 0.717) is 24.3 Å². The molecular formula is C8H13ClO2. The predicted molar refractivity (Wildman–Crippen MR) is 43.5 cm³/mol. The molecule has 0 spiro atoms. The van der Waals surface area contributed by atoms with E-state index in [1.165, 1.54) is 0 Å². The molecule has 0 aromatic heterocycles. The number of ether oxygens (including phenoxy) is 1. The molecule has 0 aromatic rings. The Morgan fingerprint density at radius 2 is 2.00 bits per heavy atom. The normalized spacial score (nSPS) is 35.0. The summed E-state index contributed by atoms with van der Waals surface area (Å²) in [5.41, 5.74) is 0. The molecule has 0 N–H and O–H groups in total. The summed E-state index contributed by atoms with van der Waals surface area (Å²) in [6.45, 7) is 4.48. The van der Waals surface area contributed by atoms with Gasteiger partial charge in [0, 0.05) is 0 Å². The molecule has 0 amide bonds. The van der Waals surface area contributed by atoms with Gasteiger partial charge in [-0.25, -0.2) is 0 Å². The van der Waals surface area contributed by atoms with E-state index in [0.717, 1.165) is 0 Å². The van der Waals surface area contributed by atoms with E-state index >= 15 is 0 Å². The van der Waals surface area contributed by atoms with Crippen molar-refractivity contribution in [1.29, 1.82) is 0 Å². The smallest absolute Gasteiger partial charge is 0.309 e. The van der Waals surface area contributed by atoms with Gasteiger partial charge in [-0.15, -0.1) is 11.6 Å². The number of rotatable bonds is 3. The van der Waals surface area contributed by atoms with Crippen LogP contribution in [0.2, 0.25) is 0 Å². The molecule has 0 radical (unpaired) electrons. The lowest BCUT2D eigenvalue weighted by Gasteiger charge is -1.99. The standard InChI is InChI=1S/C8H13ClO2/c1-5-6(2)7(5)8(10)11-4-3-9/h5-7H,3-4H2,1-2H3. The average molecular weight is 177 g/mol. The van der Waals surface area contributed by atoms with Crippen LogP contribution in [0.1, 0.15) is 13.8 Å². The van der Waals surface area contributed by atoms with Crippen LogP contribution in [-0.2, 0) is 9.53 Å². The summed E-state index contributed by atoms with van der Waals surface area (Å²) in [6, 6.07) is 0. The second-order valence-electron chi connectivity index (χ2n) is 3.10. The molecule has 3 heteroatoms. The van der Waals surface area contributed by atoms with Crippen LogP contribution in [0.5, 0.6) is 0 Å². The maximum Gasteiger partial charge on any atom is 0.309 e. The van der Waals surface area contributed by atoms with Crippen molar-refractivity contribution >= 4 is 17.6 Å². The number of carbonyl (C=O) groups excluding carboxylic acids is 1. The molecule has 0 aromatic carbocycles. The summed E-state index contributed by atoms with van der Waals surface area (Å²) >= 11 is 5.37. The first-order valence-electron chi connectivity index (χ1n) is 3.91. The van der Waals surface area contributed by atoms with Crippen LogP contribution in [-0.4, -0.2) is 18.5 Å². The molecule has 0 heterocycles. The molecule has 2 atom stereocenters. The van der Waals surface area contributed by atoms with Gasteiger partial charge in [-0.05, 0) is 11.8 Å². The molecular weight excluding hydrogens is 164 g/mol. The molecule has 1 fully saturated rings. The summed E-state index contributed by atoms with van der Waals surface area (Å²) in [7, 11) is 0. The van der Waals surface area contributed by atoms with E-state index in [2.05, 4.69) is 13.8 Å². The van der Waals surface area contributed by atoms with Crippen LogP contribution in [0.25, 0.3) is 0 Å². The van der Waals surface area contributed by atoms with Crippen LogP contribution in [0, 0.1) is 17.8 Å². The van der Waals surface area contributed by atoms with Gasteiger partial charge in [0.25, 0.3) is 0 Å². The highest BCUT2D eigenvalue weighted by molar-refractivity contribution is 6.18. The van der Waals surface area contributed by atoms with Crippen molar-refractivity contribution in [1.82, 2.24) is 0 Å². The Labute approximate surface area is 71.9 Å². The molecule has 64 valence electrons. The topological polar surface area (TPSA) is 26.3 Å². The first-order chi connectivity index (χ1) is 5.18. The minimum atomic E-state index is -0.0781. The van der Waals surface area contributed by atoms with Crippen molar-refractivity contribution in [3.63, 3.8) is 0 Å². The van der Waals surface area contributed by atoms with Crippen molar-refractivity contribution < 1.29 is 9.53 Å². The van der Waals surface area contributed by atoms with Crippen LogP contribution in [0.15, 0.2) is 0 Å². The molecule has 0 saturated heterocycles. The van der Waals surface area contributed by atoms with Crippen LogP contribution in [0.4, 0.5) is 0 Å². The fraction of sp³-hybridized carbons (Fsp3) is 0.875.